The van der Waals surface area contributed by atoms with Crippen LogP contribution >= 0.6 is 11.6 Å². The van der Waals surface area contributed by atoms with Gasteiger partial charge in [-0.1, -0.05) is 11.6 Å². The molecular weight excluding hydrogens is 282 g/mol. The zero-order valence-electron chi connectivity index (χ0n) is 11.7. The molecule has 1 rings (SSSR count). The number of rotatable bonds is 6. The molecule has 0 fully saturated rings. The molecular formula is C13H18ClN3O3. The average Bonchev–Trinajstić information content (AvgIpc) is 2.43. The van der Waals surface area contributed by atoms with Crippen LogP contribution < -0.4 is 5.32 Å². The van der Waals surface area contributed by atoms with Crippen LogP contribution in [0.5, 0.6) is 0 Å². The smallest absolute Gasteiger partial charge is 0.275 e. The molecule has 0 aliphatic rings. The van der Waals surface area contributed by atoms with Gasteiger partial charge in [0, 0.05) is 36.8 Å². The molecule has 7 heteroatoms. The maximum Gasteiger partial charge on any atom is 0.275 e. The Labute approximate surface area is 122 Å². The highest BCUT2D eigenvalue weighted by Crippen LogP contribution is 2.23. The lowest BCUT2D eigenvalue weighted by molar-refractivity contribution is -0.385. The summed E-state index contributed by atoms with van der Waals surface area (Å²) in [7, 11) is 1.71. The van der Waals surface area contributed by atoms with Crippen molar-refractivity contribution in [3.8, 4) is 0 Å². The van der Waals surface area contributed by atoms with E-state index in [9.17, 15) is 14.9 Å². The van der Waals surface area contributed by atoms with Crippen LogP contribution in [0, 0.1) is 10.1 Å². The molecule has 0 heterocycles. The third-order valence-corrected chi connectivity index (χ3v) is 3.30. The Morgan fingerprint density at radius 2 is 2.20 bits per heavy atom. The number of carbonyl (C=O) groups excluding carboxylic acids is 1. The molecule has 0 saturated carbocycles. The molecule has 0 spiro atoms. The standard InChI is InChI=1S/C13H18ClN3O3/c1-4-16(3)13(18)9(2)15-8-10-5-6-11(14)7-12(10)17(19)20/h5-7,9,15H,4,8H2,1-3H3. The Balaban J connectivity index is 2.75. The summed E-state index contributed by atoms with van der Waals surface area (Å²) in [6.45, 7) is 4.47. The highest BCUT2D eigenvalue weighted by atomic mass is 35.5. The van der Waals surface area contributed by atoms with Crippen molar-refractivity contribution in [1.29, 1.82) is 0 Å². The van der Waals surface area contributed by atoms with Gasteiger partial charge in [-0.2, -0.15) is 0 Å². The van der Waals surface area contributed by atoms with E-state index < -0.39 is 11.0 Å². The minimum atomic E-state index is -0.479. The second kappa shape index (κ2) is 7.21. The normalized spacial score (nSPS) is 12.0. The SMILES string of the molecule is CCN(C)C(=O)C(C)NCc1ccc(Cl)cc1[N+](=O)[O-]. The zero-order chi connectivity index (χ0) is 15.3. The third-order valence-electron chi connectivity index (χ3n) is 3.06. The molecule has 0 aliphatic heterocycles. The summed E-state index contributed by atoms with van der Waals surface area (Å²) in [6.07, 6.45) is 0. The van der Waals surface area contributed by atoms with Gasteiger partial charge in [0.05, 0.1) is 11.0 Å². The van der Waals surface area contributed by atoms with Gasteiger partial charge >= 0.3 is 0 Å². The van der Waals surface area contributed by atoms with Crippen LogP contribution in [-0.4, -0.2) is 35.4 Å². The number of amides is 1. The summed E-state index contributed by atoms with van der Waals surface area (Å²) in [4.78, 5) is 23.9. The molecule has 0 aliphatic carbocycles. The lowest BCUT2D eigenvalue weighted by Gasteiger charge is -2.20. The summed E-state index contributed by atoms with van der Waals surface area (Å²) in [5, 5.41) is 14.3. The number of nitro benzene ring substituents is 1. The first-order chi connectivity index (χ1) is 9.36. The second-order valence-electron chi connectivity index (χ2n) is 4.49. The van der Waals surface area contributed by atoms with Gasteiger partial charge in [0.1, 0.15) is 0 Å². The van der Waals surface area contributed by atoms with Crippen LogP contribution in [-0.2, 0) is 11.3 Å². The number of likely N-dealkylation sites (N-methyl/N-ethyl adjacent to an activating group) is 1. The zero-order valence-corrected chi connectivity index (χ0v) is 12.5. The van der Waals surface area contributed by atoms with Gasteiger partial charge in [-0.05, 0) is 26.0 Å². The average molecular weight is 300 g/mol. The summed E-state index contributed by atoms with van der Waals surface area (Å²) in [5.74, 6) is -0.0517. The summed E-state index contributed by atoms with van der Waals surface area (Å²) in [6, 6.07) is 4.09. The Kier molecular flexibility index (Phi) is 5.91. The fraction of sp³-hybridized carbons (Fsp3) is 0.462. The molecule has 1 aromatic carbocycles. The van der Waals surface area contributed by atoms with Crippen LogP contribution in [0.3, 0.4) is 0 Å². The van der Waals surface area contributed by atoms with Crippen LogP contribution in [0.4, 0.5) is 5.69 Å². The highest BCUT2D eigenvalue weighted by Gasteiger charge is 2.18. The lowest BCUT2D eigenvalue weighted by atomic mass is 10.1. The third kappa shape index (κ3) is 4.18. The van der Waals surface area contributed by atoms with Crippen molar-refractivity contribution in [2.45, 2.75) is 26.4 Å². The predicted molar refractivity (Wildman–Crippen MR) is 77.7 cm³/mol. The van der Waals surface area contributed by atoms with Crippen molar-refractivity contribution in [3.05, 3.63) is 38.9 Å². The van der Waals surface area contributed by atoms with Gasteiger partial charge in [-0.3, -0.25) is 14.9 Å². The van der Waals surface area contributed by atoms with E-state index >= 15 is 0 Å². The van der Waals surface area contributed by atoms with Crippen molar-refractivity contribution in [2.75, 3.05) is 13.6 Å². The van der Waals surface area contributed by atoms with Crippen LogP contribution in [0.15, 0.2) is 18.2 Å². The molecule has 1 N–H and O–H groups in total. The fourth-order valence-corrected chi connectivity index (χ4v) is 1.86. The van der Waals surface area contributed by atoms with Gasteiger partial charge in [-0.25, -0.2) is 0 Å². The van der Waals surface area contributed by atoms with E-state index in [-0.39, 0.29) is 18.1 Å². The van der Waals surface area contributed by atoms with E-state index in [1.807, 2.05) is 6.92 Å². The molecule has 0 bridgehead atoms. The van der Waals surface area contributed by atoms with Gasteiger partial charge in [0.25, 0.3) is 5.69 Å². The first kappa shape index (κ1) is 16.4. The predicted octanol–water partition coefficient (Wildman–Crippen LogP) is 2.20. The number of nitrogens with zero attached hydrogens (tertiary/aromatic N) is 2. The molecule has 1 aromatic rings. The molecule has 20 heavy (non-hydrogen) atoms. The first-order valence-corrected chi connectivity index (χ1v) is 6.65. The number of nitro groups is 1. The van der Waals surface area contributed by atoms with Gasteiger partial charge in [0.2, 0.25) is 5.91 Å². The molecule has 0 radical (unpaired) electrons. The van der Waals surface area contributed by atoms with Crippen molar-refractivity contribution in [2.24, 2.45) is 0 Å². The van der Waals surface area contributed by atoms with E-state index in [2.05, 4.69) is 5.32 Å². The fourth-order valence-electron chi connectivity index (χ4n) is 1.69. The Hall–Kier alpha value is -1.66. The van der Waals surface area contributed by atoms with E-state index in [1.54, 1.807) is 31.0 Å². The molecule has 0 aromatic heterocycles. The van der Waals surface area contributed by atoms with Crippen LogP contribution in [0.25, 0.3) is 0 Å². The van der Waals surface area contributed by atoms with E-state index in [0.717, 1.165) is 0 Å². The quantitative estimate of drug-likeness (QED) is 0.645. The second-order valence-corrected chi connectivity index (χ2v) is 4.92. The topological polar surface area (TPSA) is 75.5 Å². The minimum Gasteiger partial charge on any atom is -0.345 e. The minimum absolute atomic E-state index is 0.0477. The monoisotopic (exact) mass is 299 g/mol. The summed E-state index contributed by atoms with van der Waals surface area (Å²) < 4.78 is 0. The maximum absolute atomic E-state index is 11.9. The Morgan fingerprint density at radius 3 is 2.75 bits per heavy atom. The van der Waals surface area contributed by atoms with Crippen molar-refractivity contribution in [3.63, 3.8) is 0 Å². The summed E-state index contributed by atoms with van der Waals surface area (Å²) >= 11 is 5.75. The van der Waals surface area contributed by atoms with Gasteiger partial charge in [-0.15, -0.1) is 0 Å². The lowest BCUT2D eigenvalue weighted by Crippen LogP contribution is -2.42. The molecule has 6 nitrogen and oxygen atoms in total. The molecule has 0 saturated heterocycles. The van der Waals surface area contributed by atoms with E-state index in [4.69, 9.17) is 11.6 Å². The van der Waals surface area contributed by atoms with Crippen LogP contribution in [0.1, 0.15) is 19.4 Å². The number of hydrogen-bond acceptors (Lipinski definition) is 4. The number of nitrogens with one attached hydrogen (secondary N) is 1. The largest absolute Gasteiger partial charge is 0.345 e. The highest BCUT2D eigenvalue weighted by molar-refractivity contribution is 6.30. The number of halogens is 1. The Bertz CT molecular complexity index is 508. The van der Waals surface area contributed by atoms with E-state index in [0.29, 0.717) is 17.1 Å². The van der Waals surface area contributed by atoms with Crippen LogP contribution in [0.2, 0.25) is 5.02 Å². The molecule has 1 atom stereocenters. The maximum atomic E-state index is 11.9. The first-order valence-electron chi connectivity index (χ1n) is 6.28. The van der Waals surface area contributed by atoms with Crippen molar-refractivity contribution >= 4 is 23.2 Å². The number of hydrogen-bond donors (Lipinski definition) is 1. The van der Waals surface area contributed by atoms with Gasteiger partial charge in [0.15, 0.2) is 0 Å². The molecule has 1 unspecified atom stereocenters. The van der Waals surface area contributed by atoms with Gasteiger partial charge < -0.3 is 10.2 Å². The molecule has 110 valence electrons. The molecule has 1 amide bonds. The number of benzene rings is 1. The summed E-state index contributed by atoms with van der Waals surface area (Å²) in [5.41, 5.74) is 0.451. The van der Waals surface area contributed by atoms with E-state index in [1.165, 1.54) is 6.07 Å². The van der Waals surface area contributed by atoms with Crippen molar-refractivity contribution in [1.82, 2.24) is 10.2 Å². The van der Waals surface area contributed by atoms with Crippen molar-refractivity contribution < 1.29 is 9.72 Å². The number of carbonyl (C=O) groups is 1. The Morgan fingerprint density at radius 1 is 1.55 bits per heavy atom.